The molecular weight excluding hydrogens is 346 g/mol. The molecule has 1 amide bonds. The number of carbonyl (C=O) groups excluding carboxylic acids is 1. The molecular formula is C16H25N3O5S. The Bertz CT molecular complexity index is 702. The molecule has 25 heavy (non-hydrogen) atoms. The van der Waals surface area contributed by atoms with Crippen LogP contribution in [0.3, 0.4) is 0 Å². The Morgan fingerprint density at radius 3 is 2.64 bits per heavy atom. The fourth-order valence-electron chi connectivity index (χ4n) is 2.54. The topological polar surface area (TPSA) is 88.2 Å². The molecule has 1 saturated heterocycles. The number of hydrogen-bond donors (Lipinski definition) is 1. The van der Waals surface area contributed by atoms with Crippen molar-refractivity contribution in [3.63, 3.8) is 0 Å². The van der Waals surface area contributed by atoms with Gasteiger partial charge in [0.25, 0.3) is 5.91 Å². The molecule has 0 bridgehead atoms. The first-order valence-electron chi connectivity index (χ1n) is 8.07. The number of rotatable bonds is 7. The van der Waals surface area contributed by atoms with Gasteiger partial charge >= 0.3 is 0 Å². The normalized spacial score (nSPS) is 15.8. The third-order valence-electron chi connectivity index (χ3n) is 4.05. The molecule has 0 spiro atoms. The number of morpholine rings is 1. The van der Waals surface area contributed by atoms with Crippen LogP contribution in [0.1, 0.15) is 10.4 Å². The van der Waals surface area contributed by atoms with E-state index >= 15 is 0 Å². The van der Waals surface area contributed by atoms with Crippen LogP contribution in [0.15, 0.2) is 23.1 Å². The van der Waals surface area contributed by atoms with Crippen LogP contribution in [0.4, 0.5) is 0 Å². The van der Waals surface area contributed by atoms with Gasteiger partial charge in [0.2, 0.25) is 10.0 Å². The number of benzene rings is 1. The van der Waals surface area contributed by atoms with Gasteiger partial charge in [-0.05, 0) is 25.2 Å². The molecule has 1 aliphatic rings. The summed E-state index contributed by atoms with van der Waals surface area (Å²) < 4.78 is 37.4. The average Bonchev–Trinajstić information content (AvgIpc) is 2.65. The molecule has 2 rings (SSSR count). The molecule has 0 aromatic heterocycles. The van der Waals surface area contributed by atoms with Gasteiger partial charge in [0.05, 0.1) is 30.8 Å². The third-order valence-corrected chi connectivity index (χ3v) is 5.95. The lowest BCUT2D eigenvalue weighted by Crippen LogP contribution is -2.40. The van der Waals surface area contributed by atoms with Crippen molar-refractivity contribution in [3.8, 4) is 5.75 Å². The van der Waals surface area contributed by atoms with Gasteiger partial charge in [0.1, 0.15) is 5.75 Å². The van der Waals surface area contributed by atoms with Crippen molar-refractivity contribution in [3.05, 3.63) is 23.8 Å². The Balaban J connectivity index is 2.34. The highest BCUT2D eigenvalue weighted by Crippen LogP contribution is 2.26. The summed E-state index contributed by atoms with van der Waals surface area (Å²) >= 11 is 0. The molecule has 8 nitrogen and oxygen atoms in total. The second-order valence-electron chi connectivity index (χ2n) is 5.71. The van der Waals surface area contributed by atoms with Crippen molar-refractivity contribution in [2.24, 2.45) is 0 Å². The fourth-order valence-corrected chi connectivity index (χ4v) is 3.97. The monoisotopic (exact) mass is 371 g/mol. The molecule has 0 unspecified atom stereocenters. The SMILES string of the molecule is CNCCN(C)C(=O)c1cc(S(=O)(=O)N2CCOCC2)ccc1OC. The lowest BCUT2D eigenvalue weighted by molar-refractivity contribution is 0.0730. The summed E-state index contributed by atoms with van der Waals surface area (Å²) in [5.74, 6) is 0.0633. The summed E-state index contributed by atoms with van der Waals surface area (Å²) in [7, 11) is 1.25. The number of methoxy groups -OCH3 is 1. The summed E-state index contributed by atoms with van der Waals surface area (Å²) in [5, 5.41) is 2.97. The number of likely N-dealkylation sites (N-methyl/N-ethyl adjacent to an activating group) is 2. The Labute approximate surface area is 148 Å². The third kappa shape index (κ3) is 4.49. The fraction of sp³-hybridized carbons (Fsp3) is 0.562. The Morgan fingerprint density at radius 1 is 1.36 bits per heavy atom. The van der Waals surface area contributed by atoms with Gasteiger partial charge in [-0.15, -0.1) is 0 Å². The number of sulfonamides is 1. The van der Waals surface area contributed by atoms with Crippen molar-refractivity contribution in [2.45, 2.75) is 4.90 Å². The molecule has 1 aromatic rings. The van der Waals surface area contributed by atoms with Gasteiger partial charge in [-0.2, -0.15) is 4.31 Å². The zero-order valence-electron chi connectivity index (χ0n) is 14.8. The van der Waals surface area contributed by atoms with Crippen molar-refractivity contribution < 1.29 is 22.7 Å². The lowest BCUT2D eigenvalue weighted by atomic mass is 10.1. The maximum Gasteiger partial charge on any atom is 0.257 e. The van der Waals surface area contributed by atoms with Gasteiger partial charge in [-0.3, -0.25) is 4.79 Å². The first-order valence-corrected chi connectivity index (χ1v) is 9.52. The van der Waals surface area contributed by atoms with Gasteiger partial charge in [-0.1, -0.05) is 0 Å². The maximum absolute atomic E-state index is 12.8. The van der Waals surface area contributed by atoms with Crippen molar-refractivity contribution in [2.75, 3.05) is 60.6 Å². The predicted molar refractivity (Wildman–Crippen MR) is 93.5 cm³/mol. The van der Waals surface area contributed by atoms with Crippen LogP contribution in [0.25, 0.3) is 0 Å². The van der Waals surface area contributed by atoms with Crippen LogP contribution in [0.2, 0.25) is 0 Å². The van der Waals surface area contributed by atoms with Crippen LogP contribution in [-0.2, 0) is 14.8 Å². The van der Waals surface area contributed by atoms with E-state index in [1.54, 1.807) is 14.1 Å². The number of nitrogens with one attached hydrogen (secondary N) is 1. The molecule has 0 aliphatic carbocycles. The predicted octanol–water partition coefficient (Wildman–Crippen LogP) is 0.00750. The van der Waals surface area contributed by atoms with E-state index in [1.807, 2.05) is 0 Å². The van der Waals surface area contributed by atoms with Crippen LogP contribution < -0.4 is 10.1 Å². The molecule has 1 aromatic carbocycles. The molecule has 1 aliphatic heterocycles. The minimum absolute atomic E-state index is 0.0839. The Kier molecular flexibility index (Phi) is 6.77. The van der Waals surface area contributed by atoms with E-state index in [0.717, 1.165) is 0 Å². The summed E-state index contributed by atoms with van der Waals surface area (Å²) in [4.78, 5) is 14.3. The molecule has 0 atom stereocenters. The Morgan fingerprint density at radius 2 is 2.04 bits per heavy atom. The number of ether oxygens (including phenoxy) is 2. The number of carbonyl (C=O) groups is 1. The van der Waals surface area contributed by atoms with Gasteiger partial charge < -0.3 is 19.7 Å². The highest BCUT2D eigenvalue weighted by atomic mass is 32.2. The van der Waals surface area contributed by atoms with Crippen LogP contribution in [0.5, 0.6) is 5.75 Å². The van der Waals surface area contributed by atoms with E-state index in [0.29, 0.717) is 45.1 Å². The smallest absolute Gasteiger partial charge is 0.257 e. The summed E-state index contributed by atoms with van der Waals surface area (Å²) in [5.41, 5.74) is 0.232. The number of hydrogen-bond acceptors (Lipinski definition) is 6. The van der Waals surface area contributed by atoms with Gasteiger partial charge in [0, 0.05) is 33.2 Å². The van der Waals surface area contributed by atoms with Crippen molar-refractivity contribution in [1.29, 1.82) is 0 Å². The highest BCUT2D eigenvalue weighted by molar-refractivity contribution is 7.89. The number of amides is 1. The second-order valence-corrected chi connectivity index (χ2v) is 7.65. The van der Waals surface area contributed by atoms with Gasteiger partial charge in [-0.25, -0.2) is 8.42 Å². The van der Waals surface area contributed by atoms with Crippen LogP contribution >= 0.6 is 0 Å². The van der Waals surface area contributed by atoms with Gasteiger partial charge in [0.15, 0.2) is 0 Å². The largest absolute Gasteiger partial charge is 0.496 e. The minimum Gasteiger partial charge on any atom is -0.496 e. The standard InChI is InChI=1S/C16H25N3O5S/c1-17-6-7-18(2)16(20)14-12-13(4-5-15(14)23-3)25(21,22)19-8-10-24-11-9-19/h4-5,12,17H,6-11H2,1-3H3. The highest BCUT2D eigenvalue weighted by Gasteiger charge is 2.28. The van der Waals surface area contributed by atoms with E-state index in [4.69, 9.17) is 9.47 Å². The van der Waals surface area contributed by atoms with E-state index in [9.17, 15) is 13.2 Å². The molecule has 1 fully saturated rings. The Hall–Kier alpha value is -1.68. The summed E-state index contributed by atoms with van der Waals surface area (Å²) in [6.07, 6.45) is 0. The van der Waals surface area contributed by atoms with E-state index in [-0.39, 0.29) is 16.4 Å². The number of nitrogens with zero attached hydrogens (tertiary/aromatic N) is 2. The molecule has 140 valence electrons. The van der Waals surface area contributed by atoms with E-state index < -0.39 is 10.0 Å². The summed E-state index contributed by atoms with van der Waals surface area (Å²) in [6.45, 7) is 2.48. The zero-order valence-corrected chi connectivity index (χ0v) is 15.6. The molecule has 1 heterocycles. The van der Waals surface area contributed by atoms with Crippen LogP contribution in [0, 0.1) is 0 Å². The summed E-state index contributed by atoms with van der Waals surface area (Å²) in [6, 6.07) is 4.38. The molecule has 0 radical (unpaired) electrons. The van der Waals surface area contributed by atoms with E-state index in [1.165, 1.54) is 34.5 Å². The lowest BCUT2D eigenvalue weighted by Gasteiger charge is -2.26. The first-order chi connectivity index (χ1) is 11.9. The quantitative estimate of drug-likeness (QED) is 0.726. The van der Waals surface area contributed by atoms with Crippen molar-refractivity contribution in [1.82, 2.24) is 14.5 Å². The maximum atomic E-state index is 12.8. The minimum atomic E-state index is -3.67. The van der Waals surface area contributed by atoms with Crippen LogP contribution in [-0.4, -0.2) is 84.1 Å². The molecule has 0 saturated carbocycles. The molecule has 1 N–H and O–H groups in total. The second kappa shape index (κ2) is 8.61. The molecule has 9 heteroatoms. The first kappa shape index (κ1) is 19.6. The average molecular weight is 371 g/mol. The van der Waals surface area contributed by atoms with Crippen molar-refractivity contribution >= 4 is 15.9 Å². The van der Waals surface area contributed by atoms with E-state index in [2.05, 4.69) is 5.32 Å². The zero-order chi connectivity index (χ0) is 18.4.